The van der Waals surface area contributed by atoms with Gasteiger partial charge in [0.15, 0.2) is 9.84 Å². The first-order valence-electron chi connectivity index (χ1n) is 5.15. The minimum atomic E-state index is -3.58. The van der Waals surface area contributed by atoms with Gasteiger partial charge in [-0.2, -0.15) is 0 Å². The average Bonchev–Trinajstić information content (AvgIpc) is 3.00. The number of benzene rings is 1. The van der Waals surface area contributed by atoms with Crippen molar-refractivity contribution in [3.8, 4) is 0 Å². The summed E-state index contributed by atoms with van der Waals surface area (Å²) in [7, 11) is -3.58. The molecule has 0 radical (unpaired) electrons. The molecule has 0 bridgehead atoms. The van der Waals surface area contributed by atoms with Gasteiger partial charge in [0.1, 0.15) is 5.82 Å². The standard InChI is InChI=1S/C11H13FO3S/c12-9-2-1-3-10(6-9)16(14,15)7-11(13)8-4-5-8/h1-3,6,8,11,13H,4-5,7H2. The molecule has 1 N–H and O–H groups in total. The number of hydrogen-bond donors (Lipinski definition) is 1. The van der Waals surface area contributed by atoms with E-state index >= 15 is 0 Å². The molecule has 16 heavy (non-hydrogen) atoms. The van der Waals surface area contributed by atoms with Crippen molar-refractivity contribution < 1.29 is 17.9 Å². The molecule has 1 unspecified atom stereocenters. The molecule has 1 aliphatic rings. The monoisotopic (exact) mass is 244 g/mol. The molecule has 1 aromatic rings. The Morgan fingerprint density at radius 1 is 1.44 bits per heavy atom. The van der Waals surface area contributed by atoms with E-state index < -0.39 is 21.8 Å². The zero-order valence-electron chi connectivity index (χ0n) is 8.64. The van der Waals surface area contributed by atoms with Crippen LogP contribution in [-0.4, -0.2) is 25.4 Å². The molecular formula is C11H13FO3S. The van der Waals surface area contributed by atoms with Gasteiger partial charge in [-0.1, -0.05) is 6.07 Å². The van der Waals surface area contributed by atoms with E-state index in [9.17, 15) is 17.9 Å². The van der Waals surface area contributed by atoms with E-state index in [0.717, 1.165) is 18.9 Å². The van der Waals surface area contributed by atoms with E-state index in [-0.39, 0.29) is 16.6 Å². The van der Waals surface area contributed by atoms with Crippen molar-refractivity contribution in [1.29, 1.82) is 0 Å². The van der Waals surface area contributed by atoms with Gasteiger partial charge in [-0.15, -0.1) is 0 Å². The van der Waals surface area contributed by atoms with Gasteiger partial charge in [-0.3, -0.25) is 0 Å². The molecule has 1 fully saturated rings. The van der Waals surface area contributed by atoms with Gasteiger partial charge in [0, 0.05) is 0 Å². The highest BCUT2D eigenvalue weighted by atomic mass is 32.2. The fourth-order valence-electron chi connectivity index (χ4n) is 1.60. The number of aliphatic hydroxyl groups excluding tert-OH is 1. The summed E-state index contributed by atoms with van der Waals surface area (Å²) in [5, 5.41) is 9.58. The molecule has 0 saturated heterocycles. The summed E-state index contributed by atoms with van der Waals surface area (Å²) in [5.74, 6) is -0.800. The van der Waals surface area contributed by atoms with Gasteiger partial charge in [0.2, 0.25) is 0 Å². The lowest BCUT2D eigenvalue weighted by molar-refractivity contribution is 0.174. The van der Waals surface area contributed by atoms with Gasteiger partial charge in [0.05, 0.1) is 16.8 Å². The van der Waals surface area contributed by atoms with Crippen LogP contribution >= 0.6 is 0 Å². The van der Waals surface area contributed by atoms with Crippen LogP contribution in [0.2, 0.25) is 0 Å². The highest BCUT2D eigenvalue weighted by Gasteiger charge is 2.33. The molecule has 1 atom stereocenters. The summed E-state index contributed by atoms with van der Waals surface area (Å²) in [6.45, 7) is 0. The maximum absolute atomic E-state index is 12.9. The fourth-order valence-corrected chi connectivity index (χ4v) is 3.09. The summed E-state index contributed by atoms with van der Waals surface area (Å²) in [5.41, 5.74) is 0. The third-order valence-corrected chi connectivity index (χ3v) is 4.46. The molecule has 0 spiro atoms. The number of rotatable bonds is 4. The lowest BCUT2D eigenvalue weighted by Crippen LogP contribution is -2.22. The van der Waals surface area contributed by atoms with E-state index in [0.29, 0.717) is 0 Å². The molecule has 2 rings (SSSR count). The van der Waals surface area contributed by atoms with Crippen LogP contribution in [0.4, 0.5) is 4.39 Å². The molecule has 1 saturated carbocycles. The molecule has 88 valence electrons. The van der Waals surface area contributed by atoms with Gasteiger partial charge in [-0.25, -0.2) is 12.8 Å². The van der Waals surface area contributed by atoms with E-state index in [1.54, 1.807) is 0 Å². The van der Waals surface area contributed by atoms with Crippen LogP contribution in [0.3, 0.4) is 0 Å². The fraction of sp³-hybridized carbons (Fsp3) is 0.455. The Labute approximate surface area is 93.8 Å². The van der Waals surface area contributed by atoms with Crippen LogP contribution in [-0.2, 0) is 9.84 Å². The molecule has 3 nitrogen and oxygen atoms in total. The Bertz CT molecular complexity index is 480. The van der Waals surface area contributed by atoms with Crippen LogP contribution in [0.1, 0.15) is 12.8 Å². The highest BCUT2D eigenvalue weighted by molar-refractivity contribution is 7.91. The van der Waals surface area contributed by atoms with Crippen molar-refractivity contribution in [2.24, 2.45) is 5.92 Å². The predicted molar refractivity (Wildman–Crippen MR) is 57.2 cm³/mol. The zero-order chi connectivity index (χ0) is 11.8. The summed E-state index contributed by atoms with van der Waals surface area (Å²) in [6, 6.07) is 4.87. The second-order valence-corrected chi connectivity index (χ2v) is 6.18. The summed E-state index contributed by atoms with van der Waals surface area (Å²) < 4.78 is 36.5. The van der Waals surface area contributed by atoms with Crippen molar-refractivity contribution in [2.45, 2.75) is 23.8 Å². The molecule has 0 aliphatic heterocycles. The largest absolute Gasteiger partial charge is 0.392 e. The van der Waals surface area contributed by atoms with Crippen LogP contribution < -0.4 is 0 Å². The normalized spacial score (nSPS) is 18.4. The molecule has 0 heterocycles. The van der Waals surface area contributed by atoms with Crippen molar-refractivity contribution >= 4 is 9.84 Å². The second-order valence-electron chi connectivity index (χ2n) is 4.14. The molecule has 1 aromatic carbocycles. The molecular weight excluding hydrogens is 231 g/mol. The lowest BCUT2D eigenvalue weighted by atomic mass is 10.3. The van der Waals surface area contributed by atoms with Gasteiger partial charge < -0.3 is 5.11 Å². The van der Waals surface area contributed by atoms with Crippen molar-refractivity contribution in [2.75, 3.05) is 5.75 Å². The minimum absolute atomic E-state index is 0.0628. The average molecular weight is 244 g/mol. The first-order chi connectivity index (χ1) is 7.49. The Hall–Kier alpha value is -0.940. The minimum Gasteiger partial charge on any atom is -0.392 e. The summed E-state index contributed by atoms with van der Waals surface area (Å²) in [4.78, 5) is -0.0628. The van der Waals surface area contributed by atoms with Crippen LogP contribution in [0.15, 0.2) is 29.2 Å². The van der Waals surface area contributed by atoms with Gasteiger partial charge >= 0.3 is 0 Å². The van der Waals surface area contributed by atoms with Crippen molar-refractivity contribution in [3.05, 3.63) is 30.1 Å². The number of aliphatic hydroxyl groups is 1. The zero-order valence-corrected chi connectivity index (χ0v) is 9.45. The Morgan fingerprint density at radius 2 is 2.12 bits per heavy atom. The predicted octanol–water partition coefficient (Wildman–Crippen LogP) is 1.37. The number of hydrogen-bond acceptors (Lipinski definition) is 3. The second kappa shape index (κ2) is 4.14. The van der Waals surface area contributed by atoms with Crippen molar-refractivity contribution in [3.63, 3.8) is 0 Å². The SMILES string of the molecule is O=S(=O)(CC(O)C1CC1)c1cccc(F)c1. The van der Waals surface area contributed by atoms with Crippen LogP contribution in [0, 0.1) is 11.7 Å². The Kier molecular flexibility index (Phi) is 2.99. The maximum atomic E-state index is 12.9. The van der Waals surface area contributed by atoms with Crippen molar-refractivity contribution in [1.82, 2.24) is 0 Å². The van der Waals surface area contributed by atoms with E-state index in [2.05, 4.69) is 0 Å². The van der Waals surface area contributed by atoms with Crippen LogP contribution in [0.5, 0.6) is 0 Å². The third-order valence-electron chi connectivity index (χ3n) is 2.71. The third kappa shape index (κ3) is 2.59. The molecule has 0 amide bonds. The Balaban J connectivity index is 2.17. The topological polar surface area (TPSA) is 54.4 Å². The molecule has 5 heteroatoms. The highest BCUT2D eigenvalue weighted by Crippen LogP contribution is 2.33. The maximum Gasteiger partial charge on any atom is 0.181 e. The van der Waals surface area contributed by atoms with E-state index in [4.69, 9.17) is 0 Å². The van der Waals surface area contributed by atoms with Gasteiger partial charge in [0.25, 0.3) is 0 Å². The smallest absolute Gasteiger partial charge is 0.181 e. The van der Waals surface area contributed by atoms with E-state index in [1.807, 2.05) is 0 Å². The summed E-state index contributed by atoms with van der Waals surface area (Å²) >= 11 is 0. The number of sulfone groups is 1. The first-order valence-corrected chi connectivity index (χ1v) is 6.81. The number of halogens is 1. The quantitative estimate of drug-likeness (QED) is 0.870. The summed E-state index contributed by atoms with van der Waals surface area (Å²) in [6.07, 6.45) is 0.924. The van der Waals surface area contributed by atoms with Gasteiger partial charge in [-0.05, 0) is 37.0 Å². The lowest BCUT2D eigenvalue weighted by Gasteiger charge is -2.09. The molecule has 1 aliphatic carbocycles. The molecule has 0 aromatic heterocycles. The van der Waals surface area contributed by atoms with E-state index in [1.165, 1.54) is 18.2 Å². The van der Waals surface area contributed by atoms with Crippen LogP contribution in [0.25, 0.3) is 0 Å². The Morgan fingerprint density at radius 3 is 2.69 bits per heavy atom. The first kappa shape index (κ1) is 11.5.